The molecule has 0 aliphatic rings. The number of fused-ring (bicyclic) bond motifs is 1. The first-order valence-corrected chi connectivity index (χ1v) is 7.28. The number of aryl methyl sites for hydroxylation is 1. The fourth-order valence-corrected chi connectivity index (χ4v) is 2.59. The number of ether oxygens (including phenoxy) is 1. The number of hydrogen-bond donors (Lipinski definition) is 0. The Morgan fingerprint density at radius 1 is 1.05 bits per heavy atom. The van der Waals surface area contributed by atoms with Gasteiger partial charge in [-0.05, 0) is 41.0 Å². The van der Waals surface area contributed by atoms with Gasteiger partial charge in [-0.25, -0.2) is 0 Å². The number of aromatic nitrogens is 1. The topological polar surface area (TPSA) is 39.2 Å². The Morgan fingerprint density at radius 2 is 1.77 bits per heavy atom. The molecule has 1 aromatic heterocycles. The summed E-state index contributed by atoms with van der Waals surface area (Å²) < 4.78 is 4.75. The monoisotopic (exact) mass is 291 g/mol. The Bertz CT molecular complexity index is 797. The molecule has 0 amide bonds. The maximum Gasteiger partial charge on any atom is 0.305 e. The first-order valence-electron chi connectivity index (χ1n) is 7.28. The lowest BCUT2D eigenvalue weighted by molar-refractivity contribution is -0.140. The number of hydrogen-bond acceptors (Lipinski definition) is 3. The number of carbonyl (C=O) groups is 1. The van der Waals surface area contributed by atoms with Gasteiger partial charge in [0.2, 0.25) is 0 Å². The van der Waals surface area contributed by atoms with E-state index in [0.717, 1.165) is 16.8 Å². The van der Waals surface area contributed by atoms with Crippen LogP contribution >= 0.6 is 0 Å². The molecular formula is C19H17NO2. The van der Waals surface area contributed by atoms with E-state index < -0.39 is 0 Å². The van der Waals surface area contributed by atoms with Crippen LogP contribution in [-0.4, -0.2) is 18.1 Å². The third-order valence-electron chi connectivity index (χ3n) is 3.74. The number of pyridine rings is 1. The van der Waals surface area contributed by atoms with E-state index >= 15 is 0 Å². The van der Waals surface area contributed by atoms with E-state index in [2.05, 4.69) is 29.2 Å². The minimum absolute atomic E-state index is 0.194. The molecule has 3 aromatic rings. The van der Waals surface area contributed by atoms with Crippen molar-refractivity contribution in [2.24, 2.45) is 0 Å². The smallest absolute Gasteiger partial charge is 0.305 e. The summed E-state index contributed by atoms with van der Waals surface area (Å²) in [4.78, 5) is 15.9. The van der Waals surface area contributed by atoms with Gasteiger partial charge in [0, 0.05) is 18.2 Å². The van der Waals surface area contributed by atoms with Gasteiger partial charge in [0.1, 0.15) is 0 Å². The number of rotatable bonds is 4. The molecule has 0 N–H and O–H groups in total. The van der Waals surface area contributed by atoms with Crippen LogP contribution in [0.2, 0.25) is 0 Å². The van der Waals surface area contributed by atoms with Crippen molar-refractivity contribution in [1.29, 1.82) is 0 Å². The molecule has 22 heavy (non-hydrogen) atoms. The van der Waals surface area contributed by atoms with Crippen LogP contribution < -0.4 is 0 Å². The van der Waals surface area contributed by atoms with Gasteiger partial charge in [-0.1, -0.05) is 36.4 Å². The van der Waals surface area contributed by atoms with Crippen molar-refractivity contribution in [2.75, 3.05) is 7.11 Å². The summed E-state index contributed by atoms with van der Waals surface area (Å²) in [6, 6.07) is 18.4. The molecule has 0 unspecified atom stereocenters. The van der Waals surface area contributed by atoms with E-state index in [0.29, 0.717) is 12.8 Å². The summed E-state index contributed by atoms with van der Waals surface area (Å²) in [7, 11) is 1.42. The van der Waals surface area contributed by atoms with Crippen LogP contribution in [0.4, 0.5) is 0 Å². The van der Waals surface area contributed by atoms with E-state index in [1.54, 1.807) is 6.20 Å². The lowest BCUT2D eigenvalue weighted by Crippen LogP contribution is -2.03. The zero-order valence-corrected chi connectivity index (χ0v) is 12.5. The summed E-state index contributed by atoms with van der Waals surface area (Å²) in [6.45, 7) is 0. The molecule has 1 heterocycles. The van der Waals surface area contributed by atoms with E-state index in [1.807, 2.05) is 30.3 Å². The zero-order valence-electron chi connectivity index (χ0n) is 12.5. The van der Waals surface area contributed by atoms with Gasteiger partial charge < -0.3 is 4.74 Å². The SMILES string of the molecule is COC(=O)CCc1cc2ccccc2cc1-c1ccccn1. The van der Waals surface area contributed by atoms with E-state index in [4.69, 9.17) is 4.74 Å². The Kier molecular flexibility index (Phi) is 4.15. The van der Waals surface area contributed by atoms with Crippen LogP contribution in [0.5, 0.6) is 0 Å². The van der Waals surface area contributed by atoms with Gasteiger partial charge in [-0.3, -0.25) is 9.78 Å². The first kappa shape index (κ1) is 14.3. The second-order valence-corrected chi connectivity index (χ2v) is 5.15. The molecule has 3 nitrogen and oxygen atoms in total. The molecule has 0 saturated carbocycles. The second-order valence-electron chi connectivity index (χ2n) is 5.15. The van der Waals surface area contributed by atoms with Gasteiger partial charge in [-0.15, -0.1) is 0 Å². The van der Waals surface area contributed by atoms with Crippen LogP contribution in [0.3, 0.4) is 0 Å². The van der Waals surface area contributed by atoms with Crippen molar-refractivity contribution in [3.05, 3.63) is 66.4 Å². The average molecular weight is 291 g/mol. The highest BCUT2D eigenvalue weighted by Gasteiger charge is 2.10. The fourth-order valence-electron chi connectivity index (χ4n) is 2.59. The minimum atomic E-state index is -0.194. The molecule has 0 bridgehead atoms. The molecule has 0 aliphatic heterocycles. The van der Waals surface area contributed by atoms with Crippen LogP contribution in [0.15, 0.2) is 60.8 Å². The zero-order chi connectivity index (χ0) is 15.4. The van der Waals surface area contributed by atoms with Crippen LogP contribution in [0.25, 0.3) is 22.0 Å². The largest absolute Gasteiger partial charge is 0.469 e. The van der Waals surface area contributed by atoms with Crippen LogP contribution in [-0.2, 0) is 16.0 Å². The van der Waals surface area contributed by atoms with E-state index in [1.165, 1.54) is 17.9 Å². The minimum Gasteiger partial charge on any atom is -0.469 e. The van der Waals surface area contributed by atoms with Crippen LogP contribution in [0, 0.1) is 0 Å². The molecule has 0 spiro atoms. The normalized spacial score (nSPS) is 10.6. The van der Waals surface area contributed by atoms with Gasteiger partial charge in [0.15, 0.2) is 0 Å². The highest BCUT2D eigenvalue weighted by atomic mass is 16.5. The summed E-state index contributed by atoms with van der Waals surface area (Å²) in [5, 5.41) is 2.34. The molecule has 0 radical (unpaired) electrons. The highest BCUT2D eigenvalue weighted by molar-refractivity contribution is 5.88. The lowest BCUT2D eigenvalue weighted by atomic mass is 9.95. The van der Waals surface area contributed by atoms with Crippen LogP contribution in [0.1, 0.15) is 12.0 Å². The Hall–Kier alpha value is -2.68. The molecule has 110 valence electrons. The number of carbonyl (C=O) groups excluding carboxylic acids is 1. The Morgan fingerprint density at radius 3 is 2.45 bits per heavy atom. The number of benzene rings is 2. The summed E-state index contributed by atoms with van der Waals surface area (Å²) in [5.74, 6) is -0.194. The molecule has 2 aromatic carbocycles. The number of nitrogens with zero attached hydrogens (tertiary/aromatic N) is 1. The van der Waals surface area contributed by atoms with Gasteiger partial charge in [0.25, 0.3) is 0 Å². The van der Waals surface area contributed by atoms with E-state index in [9.17, 15) is 4.79 Å². The van der Waals surface area contributed by atoms with Crippen molar-refractivity contribution < 1.29 is 9.53 Å². The molecule has 3 heteroatoms. The van der Waals surface area contributed by atoms with Gasteiger partial charge in [0.05, 0.1) is 12.8 Å². The maximum absolute atomic E-state index is 11.5. The van der Waals surface area contributed by atoms with Gasteiger partial charge in [-0.2, -0.15) is 0 Å². The number of esters is 1. The second kappa shape index (κ2) is 6.39. The van der Waals surface area contributed by atoms with Crippen molar-refractivity contribution in [3.63, 3.8) is 0 Å². The third kappa shape index (κ3) is 2.98. The van der Waals surface area contributed by atoms with Crippen molar-refractivity contribution in [2.45, 2.75) is 12.8 Å². The third-order valence-corrected chi connectivity index (χ3v) is 3.74. The van der Waals surface area contributed by atoms with Crippen molar-refractivity contribution in [3.8, 4) is 11.3 Å². The summed E-state index contributed by atoms with van der Waals surface area (Å²) in [6.07, 6.45) is 2.80. The van der Waals surface area contributed by atoms with E-state index in [-0.39, 0.29) is 5.97 Å². The quantitative estimate of drug-likeness (QED) is 0.682. The molecule has 0 saturated heterocycles. The lowest BCUT2D eigenvalue weighted by Gasteiger charge is -2.11. The van der Waals surface area contributed by atoms with Crippen molar-refractivity contribution >= 4 is 16.7 Å². The molecule has 3 rings (SSSR count). The fraction of sp³-hybridized carbons (Fsp3) is 0.158. The predicted molar refractivity (Wildman–Crippen MR) is 87.5 cm³/mol. The molecule has 0 fully saturated rings. The molecular weight excluding hydrogens is 274 g/mol. The summed E-state index contributed by atoms with van der Waals surface area (Å²) in [5.41, 5.74) is 3.11. The molecule has 0 aliphatic carbocycles. The molecule has 0 atom stereocenters. The predicted octanol–water partition coefficient (Wildman–Crippen LogP) is 4.01. The maximum atomic E-state index is 11.5. The number of methoxy groups -OCH3 is 1. The van der Waals surface area contributed by atoms with Gasteiger partial charge >= 0.3 is 5.97 Å². The Labute approximate surface area is 129 Å². The van der Waals surface area contributed by atoms with Crippen molar-refractivity contribution in [1.82, 2.24) is 4.98 Å². The standard InChI is InChI=1S/C19H17NO2/c1-22-19(21)10-9-16-12-14-6-2-3-7-15(14)13-17(16)18-8-4-5-11-20-18/h2-8,11-13H,9-10H2,1H3. The highest BCUT2D eigenvalue weighted by Crippen LogP contribution is 2.28. The Balaban J connectivity index is 2.08. The average Bonchev–Trinajstić information content (AvgIpc) is 2.59. The summed E-state index contributed by atoms with van der Waals surface area (Å²) >= 11 is 0. The first-order chi connectivity index (χ1) is 10.8.